The van der Waals surface area contributed by atoms with Gasteiger partial charge in [-0.3, -0.25) is 4.79 Å². The third-order valence-electron chi connectivity index (χ3n) is 2.47. The number of benzene rings is 1. The molecule has 78 valence electrons. The monoisotopic (exact) mass is 203 g/mol. The van der Waals surface area contributed by atoms with Crippen molar-refractivity contribution < 1.29 is 9.90 Å². The molecule has 0 spiro atoms. The molecule has 2 aromatic rings. The molecule has 0 aliphatic rings. The van der Waals surface area contributed by atoms with Crippen molar-refractivity contribution in [2.75, 3.05) is 0 Å². The first-order valence-corrected chi connectivity index (χ1v) is 5.03. The van der Waals surface area contributed by atoms with Gasteiger partial charge < -0.3 is 9.67 Å². The fourth-order valence-corrected chi connectivity index (χ4v) is 1.74. The third-order valence-corrected chi connectivity index (χ3v) is 2.47. The van der Waals surface area contributed by atoms with E-state index in [2.05, 4.69) is 22.8 Å². The highest BCUT2D eigenvalue weighted by atomic mass is 16.4. The topological polar surface area (TPSA) is 42.2 Å². The van der Waals surface area contributed by atoms with Crippen LogP contribution in [0.3, 0.4) is 0 Å². The van der Waals surface area contributed by atoms with Crippen molar-refractivity contribution in [1.29, 1.82) is 0 Å². The average Bonchev–Trinajstić information content (AvgIpc) is 2.62. The minimum absolute atomic E-state index is 0.229. The second kappa shape index (κ2) is 4.17. The quantitative estimate of drug-likeness (QED) is 0.829. The van der Waals surface area contributed by atoms with Crippen LogP contribution in [0.15, 0.2) is 36.5 Å². The van der Waals surface area contributed by atoms with Gasteiger partial charge in [0.25, 0.3) is 0 Å². The van der Waals surface area contributed by atoms with E-state index in [4.69, 9.17) is 5.11 Å². The number of hydrogen-bond acceptors (Lipinski definition) is 1. The molecule has 0 fully saturated rings. The fraction of sp³-hybridized carbons (Fsp3) is 0.250. The van der Waals surface area contributed by atoms with E-state index >= 15 is 0 Å². The Morgan fingerprint density at radius 1 is 1.27 bits per heavy atom. The summed E-state index contributed by atoms with van der Waals surface area (Å²) in [5.41, 5.74) is 1.17. The summed E-state index contributed by atoms with van der Waals surface area (Å²) < 4.78 is 2.10. The molecule has 2 rings (SSSR count). The maximum atomic E-state index is 10.4. The smallest absolute Gasteiger partial charge is 0.303 e. The van der Waals surface area contributed by atoms with Crippen molar-refractivity contribution >= 4 is 16.9 Å². The molecule has 3 heteroatoms. The summed E-state index contributed by atoms with van der Waals surface area (Å²) in [5.74, 6) is -0.730. The molecule has 0 aliphatic heterocycles. The number of rotatable bonds is 4. The number of carboxylic acid groups (broad SMARTS) is 1. The SMILES string of the molecule is O=C(O)CCCn1ccc2ccccc21. The van der Waals surface area contributed by atoms with Crippen LogP contribution in [-0.4, -0.2) is 15.6 Å². The van der Waals surface area contributed by atoms with Crippen LogP contribution in [0.1, 0.15) is 12.8 Å². The molecule has 0 aliphatic carbocycles. The summed E-state index contributed by atoms with van der Waals surface area (Å²) >= 11 is 0. The summed E-state index contributed by atoms with van der Waals surface area (Å²) in [6, 6.07) is 10.2. The van der Waals surface area contributed by atoms with E-state index in [1.54, 1.807) is 0 Å². The van der Waals surface area contributed by atoms with Gasteiger partial charge in [0.05, 0.1) is 0 Å². The zero-order chi connectivity index (χ0) is 10.7. The van der Waals surface area contributed by atoms with Gasteiger partial charge in [0.15, 0.2) is 0 Å². The Bertz CT molecular complexity index is 473. The molecule has 15 heavy (non-hydrogen) atoms. The maximum absolute atomic E-state index is 10.4. The molecule has 0 amide bonds. The number of carboxylic acids is 1. The summed E-state index contributed by atoms with van der Waals surface area (Å²) in [6.45, 7) is 0.764. The molecule has 1 aromatic carbocycles. The number of aliphatic carboxylic acids is 1. The number of carbonyl (C=O) groups is 1. The predicted octanol–water partition coefficient (Wildman–Crippen LogP) is 2.51. The third kappa shape index (κ3) is 2.18. The van der Waals surface area contributed by atoms with E-state index in [-0.39, 0.29) is 6.42 Å². The average molecular weight is 203 g/mol. The molecule has 1 N–H and O–H groups in total. The Kier molecular flexibility index (Phi) is 2.72. The summed E-state index contributed by atoms with van der Waals surface area (Å²) in [5, 5.41) is 9.75. The van der Waals surface area contributed by atoms with E-state index in [1.165, 1.54) is 10.9 Å². The molecule has 0 saturated heterocycles. The lowest BCUT2D eigenvalue weighted by molar-refractivity contribution is -0.137. The van der Waals surface area contributed by atoms with Gasteiger partial charge in [0, 0.05) is 24.7 Å². The van der Waals surface area contributed by atoms with Crippen LogP contribution < -0.4 is 0 Å². The molecule has 1 heterocycles. The van der Waals surface area contributed by atoms with Gasteiger partial charge in [0.1, 0.15) is 0 Å². The van der Waals surface area contributed by atoms with Crippen molar-refractivity contribution in [3.05, 3.63) is 36.5 Å². The first-order valence-electron chi connectivity index (χ1n) is 5.03. The fourth-order valence-electron chi connectivity index (χ4n) is 1.74. The van der Waals surface area contributed by atoms with E-state index in [9.17, 15) is 4.79 Å². The molecule has 0 radical (unpaired) electrons. The first kappa shape index (κ1) is 9.77. The summed E-state index contributed by atoms with van der Waals surface area (Å²) in [7, 11) is 0. The van der Waals surface area contributed by atoms with Crippen LogP contribution in [0.4, 0.5) is 0 Å². The van der Waals surface area contributed by atoms with Crippen molar-refractivity contribution in [1.82, 2.24) is 4.57 Å². The van der Waals surface area contributed by atoms with Crippen LogP contribution in [0.5, 0.6) is 0 Å². The number of aryl methyl sites for hydroxylation is 1. The van der Waals surface area contributed by atoms with E-state index in [0.717, 1.165) is 6.54 Å². The van der Waals surface area contributed by atoms with Crippen LogP contribution in [-0.2, 0) is 11.3 Å². The number of fused-ring (bicyclic) bond motifs is 1. The Hall–Kier alpha value is -1.77. The van der Waals surface area contributed by atoms with Gasteiger partial charge in [-0.2, -0.15) is 0 Å². The lowest BCUT2D eigenvalue weighted by Gasteiger charge is -2.03. The summed E-state index contributed by atoms with van der Waals surface area (Å²) in [4.78, 5) is 10.4. The van der Waals surface area contributed by atoms with Crippen molar-refractivity contribution in [2.24, 2.45) is 0 Å². The minimum Gasteiger partial charge on any atom is -0.481 e. The zero-order valence-electron chi connectivity index (χ0n) is 8.39. The molecule has 3 nitrogen and oxygen atoms in total. The van der Waals surface area contributed by atoms with Gasteiger partial charge in [0.2, 0.25) is 0 Å². The van der Waals surface area contributed by atoms with Gasteiger partial charge >= 0.3 is 5.97 Å². The predicted molar refractivity (Wildman–Crippen MR) is 58.8 cm³/mol. The standard InChI is InChI=1S/C12H13NO2/c14-12(15)6-3-8-13-9-7-10-4-1-2-5-11(10)13/h1-2,4-5,7,9H,3,6,8H2,(H,14,15). The lowest BCUT2D eigenvalue weighted by atomic mass is 10.2. The number of nitrogens with zero attached hydrogens (tertiary/aromatic N) is 1. The normalized spacial score (nSPS) is 10.7. The molecular formula is C12H13NO2. The zero-order valence-corrected chi connectivity index (χ0v) is 8.39. The second-order valence-corrected chi connectivity index (χ2v) is 3.57. The van der Waals surface area contributed by atoms with Crippen LogP contribution in [0.25, 0.3) is 10.9 Å². The number of para-hydroxylation sites is 1. The van der Waals surface area contributed by atoms with Crippen molar-refractivity contribution in [2.45, 2.75) is 19.4 Å². The molecule has 0 atom stereocenters. The number of aromatic nitrogens is 1. The lowest BCUT2D eigenvalue weighted by Crippen LogP contribution is -2.00. The second-order valence-electron chi connectivity index (χ2n) is 3.57. The van der Waals surface area contributed by atoms with E-state index in [0.29, 0.717) is 6.42 Å². The van der Waals surface area contributed by atoms with Gasteiger partial charge in [-0.15, -0.1) is 0 Å². The first-order chi connectivity index (χ1) is 7.27. The Labute approximate surface area is 87.9 Å². The minimum atomic E-state index is -0.730. The molecule has 0 saturated carbocycles. The molecular weight excluding hydrogens is 190 g/mol. The Balaban J connectivity index is 2.11. The summed E-state index contributed by atoms with van der Waals surface area (Å²) in [6.07, 6.45) is 2.91. The highest BCUT2D eigenvalue weighted by molar-refractivity contribution is 5.79. The molecule has 1 aromatic heterocycles. The Morgan fingerprint density at radius 3 is 2.87 bits per heavy atom. The van der Waals surface area contributed by atoms with E-state index in [1.807, 2.05) is 18.3 Å². The van der Waals surface area contributed by atoms with Gasteiger partial charge in [-0.25, -0.2) is 0 Å². The highest BCUT2D eigenvalue weighted by Gasteiger charge is 2.01. The van der Waals surface area contributed by atoms with Crippen LogP contribution >= 0.6 is 0 Å². The highest BCUT2D eigenvalue weighted by Crippen LogP contribution is 2.15. The largest absolute Gasteiger partial charge is 0.481 e. The molecule has 0 bridgehead atoms. The van der Waals surface area contributed by atoms with Gasteiger partial charge in [-0.1, -0.05) is 18.2 Å². The van der Waals surface area contributed by atoms with Crippen LogP contribution in [0, 0.1) is 0 Å². The van der Waals surface area contributed by atoms with E-state index < -0.39 is 5.97 Å². The number of hydrogen-bond donors (Lipinski definition) is 1. The molecule has 0 unspecified atom stereocenters. The van der Waals surface area contributed by atoms with Crippen molar-refractivity contribution in [3.63, 3.8) is 0 Å². The van der Waals surface area contributed by atoms with Crippen molar-refractivity contribution in [3.8, 4) is 0 Å². The van der Waals surface area contributed by atoms with Crippen LogP contribution in [0.2, 0.25) is 0 Å². The Morgan fingerprint density at radius 2 is 2.07 bits per heavy atom. The van der Waals surface area contributed by atoms with Gasteiger partial charge in [-0.05, 0) is 23.9 Å². The maximum Gasteiger partial charge on any atom is 0.303 e.